The molecule has 0 aliphatic heterocycles. The van der Waals surface area contributed by atoms with Crippen molar-refractivity contribution in [3.63, 3.8) is 0 Å². The van der Waals surface area contributed by atoms with Crippen molar-refractivity contribution in [3.8, 4) is 6.07 Å². The lowest BCUT2D eigenvalue weighted by Crippen LogP contribution is -2.26. The Bertz CT molecular complexity index is 850. The van der Waals surface area contributed by atoms with Gasteiger partial charge in [0.15, 0.2) is 5.78 Å². The van der Waals surface area contributed by atoms with E-state index in [-0.39, 0.29) is 5.56 Å². The smallest absolute Gasteiger partial charge is 0.287 e. The number of hydrogen-bond acceptors (Lipinski definition) is 5. The van der Waals surface area contributed by atoms with Gasteiger partial charge in [0, 0.05) is 11.6 Å². The third-order valence-corrected chi connectivity index (χ3v) is 2.88. The zero-order valence-corrected chi connectivity index (χ0v) is 11.0. The monoisotopic (exact) mass is 301 g/mol. The number of aromatic nitrogens is 1. The van der Waals surface area contributed by atoms with Crippen LogP contribution < -0.4 is 5.56 Å². The molecule has 0 unspecified atom stereocenters. The molecule has 0 amide bonds. The Kier molecular flexibility index (Phi) is 4.08. The number of ketones is 1. The largest absolute Gasteiger partial charge is 0.300 e. The fourth-order valence-corrected chi connectivity index (χ4v) is 1.80. The van der Waals surface area contributed by atoms with Gasteiger partial charge in [-0.15, -0.1) is 0 Å². The number of benzene rings is 1. The van der Waals surface area contributed by atoms with Gasteiger partial charge in [0.1, 0.15) is 17.4 Å². The highest BCUT2D eigenvalue weighted by molar-refractivity contribution is 5.95. The molecule has 0 radical (unpaired) electrons. The van der Waals surface area contributed by atoms with Crippen molar-refractivity contribution >= 4 is 11.5 Å². The van der Waals surface area contributed by atoms with E-state index in [0.29, 0.717) is 0 Å². The van der Waals surface area contributed by atoms with Crippen molar-refractivity contribution in [2.45, 2.75) is 6.54 Å². The number of halogens is 1. The normalized spacial score (nSPS) is 10.0. The lowest BCUT2D eigenvalue weighted by molar-refractivity contribution is -0.385. The maximum atomic E-state index is 12.8. The Balaban J connectivity index is 2.40. The predicted octanol–water partition coefficient (Wildman–Crippen LogP) is 1.65. The lowest BCUT2D eigenvalue weighted by atomic mass is 10.1. The van der Waals surface area contributed by atoms with Gasteiger partial charge in [0.05, 0.1) is 17.7 Å². The molecule has 0 atom stereocenters. The van der Waals surface area contributed by atoms with Crippen LogP contribution in [0.15, 0.2) is 41.3 Å². The van der Waals surface area contributed by atoms with E-state index in [1.807, 2.05) is 0 Å². The van der Waals surface area contributed by atoms with Gasteiger partial charge in [-0.2, -0.15) is 5.26 Å². The van der Waals surface area contributed by atoms with Gasteiger partial charge < -0.3 is 0 Å². The van der Waals surface area contributed by atoms with E-state index in [0.717, 1.165) is 29.0 Å². The van der Waals surface area contributed by atoms with Crippen LogP contribution in [-0.4, -0.2) is 15.3 Å². The molecule has 1 aromatic carbocycles. The summed E-state index contributed by atoms with van der Waals surface area (Å²) in [5, 5.41) is 19.6. The van der Waals surface area contributed by atoms with Crippen LogP contribution in [0.4, 0.5) is 10.1 Å². The van der Waals surface area contributed by atoms with E-state index in [4.69, 9.17) is 5.26 Å². The standard InChI is InChI=1S/C14H8FN3O4/c15-11-3-1-9(2-4-11)13(19)8-17-7-12(18(21)22)5-10(6-16)14(17)20/h1-5,7H,8H2. The van der Waals surface area contributed by atoms with Crippen molar-refractivity contribution in [2.24, 2.45) is 0 Å². The molecule has 2 aromatic rings. The van der Waals surface area contributed by atoms with E-state index in [1.165, 1.54) is 12.1 Å². The van der Waals surface area contributed by atoms with Crippen molar-refractivity contribution in [1.82, 2.24) is 4.57 Å². The van der Waals surface area contributed by atoms with Gasteiger partial charge in [-0.3, -0.25) is 24.3 Å². The molecule has 0 saturated heterocycles. The second-order valence-corrected chi connectivity index (χ2v) is 4.34. The predicted molar refractivity (Wildman–Crippen MR) is 72.8 cm³/mol. The maximum absolute atomic E-state index is 12.8. The molecule has 2 rings (SSSR count). The highest BCUT2D eigenvalue weighted by atomic mass is 19.1. The first-order valence-electron chi connectivity index (χ1n) is 6.00. The van der Waals surface area contributed by atoms with Crippen LogP contribution in [0.2, 0.25) is 0 Å². The second-order valence-electron chi connectivity index (χ2n) is 4.34. The SMILES string of the molecule is N#Cc1cc([N+](=O)[O-])cn(CC(=O)c2ccc(F)cc2)c1=O. The molecule has 1 aromatic heterocycles. The third-order valence-electron chi connectivity index (χ3n) is 2.88. The van der Waals surface area contributed by atoms with Crippen molar-refractivity contribution in [3.05, 3.63) is 73.9 Å². The highest BCUT2D eigenvalue weighted by Crippen LogP contribution is 2.11. The van der Waals surface area contributed by atoms with E-state index in [2.05, 4.69) is 0 Å². The van der Waals surface area contributed by atoms with Crippen molar-refractivity contribution in [2.75, 3.05) is 0 Å². The molecule has 0 saturated carbocycles. The van der Waals surface area contributed by atoms with Gasteiger partial charge in [0.25, 0.3) is 11.2 Å². The van der Waals surface area contributed by atoms with Gasteiger partial charge >= 0.3 is 0 Å². The summed E-state index contributed by atoms with van der Waals surface area (Å²) in [6.45, 7) is -0.485. The molecule has 110 valence electrons. The molecule has 22 heavy (non-hydrogen) atoms. The molecule has 0 bridgehead atoms. The number of Topliss-reactive ketones (excluding diaryl/α,β-unsaturated/α-hetero) is 1. The lowest BCUT2D eigenvalue weighted by Gasteiger charge is -2.05. The second kappa shape index (κ2) is 5.97. The van der Waals surface area contributed by atoms with E-state index in [9.17, 15) is 24.1 Å². The zero-order chi connectivity index (χ0) is 16.3. The average molecular weight is 301 g/mol. The quantitative estimate of drug-likeness (QED) is 0.485. The van der Waals surface area contributed by atoms with Crippen LogP contribution in [0.1, 0.15) is 15.9 Å². The summed E-state index contributed by atoms with van der Waals surface area (Å²) in [5.74, 6) is -1.05. The van der Waals surface area contributed by atoms with Gasteiger partial charge in [0.2, 0.25) is 0 Å². The molecular weight excluding hydrogens is 293 g/mol. The Labute approximate surface area is 123 Å². The first-order chi connectivity index (χ1) is 10.4. The molecule has 8 heteroatoms. The number of pyridine rings is 1. The minimum Gasteiger partial charge on any atom is -0.300 e. The number of rotatable bonds is 4. The first-order valence-corrected chi connectivity index (χ1v) is 6.00. The van der Waals surface area contributed by atoms with E-state index < -0.39 is 39.9 Å². The van der Waals surface area contributed by atoms with Crippen molar-refractivity contribution < 1.29 is 14.1 Å². The number of carbonyl (C=O) groups is 1. The Morgan fingerprint density at radius 3 is 2.55 bits per heavy atom. The van der Waals surface area contributed by atoms with Crippen LogP contribution in [0.3, 0.4) is 0 Å². The molecule has 0 aliphatic rings. The molecule has 0 aliphatic carbocycles. The van der Waals surface area contributed by atoms with Crippen LogP contribution in [0.25, 0.3) is 0 Å². The molecule has 7 nitrogen and oxygen atoms in total. The third kappa shape index (κ3) is 3.04. The van der Waals surface area contributed by atoms with Crippen LogP contribution in [0.5, 0.6) is 0 Å². The summed E-state index contributed by atoms with van der Waals surface area (Å²) in [7, 11) is 0. The molecule has 0 fully saturated rings. The number of nitrogens with zero attached hydrogens (tertiary/aromatic N) is 3. The topological polar surface area (TPSA) is 106 Å². The number of nitriles is 1. The maximum Gasteiger partial charge on any atom is 0.287 e. The zero-order valence-electron chi connectivity index (χ0n) is 11.0. The van der Waals surface area contributed by atoms with E-state index in [1.54, 1.807) is 6.07 Å². The van der Waals surface area contributed by atoms with Gasteiger partial charge in [-0.25, -0.2) is 4.39 Å². The summed E-state index contributed by atoms with van der Waals surface area (Å²) in [6.07, 6.45) is 0.893. The van der Waals surface area contributed by atoms with Crippen LogP contribution >= 0.6 is 0 Å². The Hall–Kier alpha value is -3.34. The summed E-state index contributed by atoms with van der Waals surface area (Å²) in [4.78, 5) is 33.9. The van der Waals surface area contributed by atoms with E-state index >= 15 is 0 Å². The fraction of sp³-hybridized carbons (Fsp3) is 0.0714. The van der Waals surface area contributed by atoms with Gasteiger partial charge in [-0.05, 0) is 24.3 Å². The minimum absolute atomic E-state index is 0.151. The summed E-state index contributed by atoms with van der Waals surface area (Å²) in [5.41, 5.74) is -1.55. The van der Waals surface area contributed by atoms with Crippen LogP contribution in [-0.2, 0) is 6.54 Å². The average Bonchev–Trinajstić information content (AvgIpc) is 2.49. The molecule has 0 N–H and O–H groups in total. The number of carbonyl (C=O) groups excluding carboxylic acids is 1. The Morgan fingerprint density at radius 2 is 2.00 bits per heavy atom. The van der Waals surface area contributed by atoms with Crippen LogP contribution in [0, 0.1) is 27.3 Å². The summed E-state index contributed by atoms with van der Waals surface area (Å²) >= 11 is 0. The Morgan fingerprint density at radius 1 is 1.36 bits per heavy atom. The molecule has 0 spiro atoms. The molecule has 1 heterocycles. The highest BCUT2D eigenvalue weighted by Gasteiger charge is 2.16. The first kappa shape index (κ1) is 15.1. The molecular formula is C14H8FN3O4. The fourth-order valence-electron chi connectivity index (χ4n) is 1.80. The number of hydrogen-bond donors (Lipinski definition) is 0. The number of nitro groups is 1. The van der Waals surface area contributed by atoms with Gasteiger partial charge in [-0.1, -0.05) is 0 Å². The summed E-state index contributed by atoms with van der Waals surface area (Å²) in [6, 6.07) is 7.06. The minimum atomic E-state index is -0.802. The van der Waals surface area contributed by atoms with Crippen molar-refractivity contribution in [1.29, 1.82) is 5.26 Å². The summed E-state index contributed by atoms with van der Waals surface area (Å²) < 4.78 is 13.6.